The fraction of sp³-hybridized carbons (Fsp3) is 0.0952. The van der Waals surface area contributed by atoms with Crippen LogP contribution in [0, 0.1) is 0 Å². The van der Waals surface area contributed by atoms with Gasteiger partial charge in [0, 0.05) is 32.9 Å². The predicted molar refractivity (Wildman–Crippen MR) is 186 cm³/mol. The lowest BCUT2D eigenvalue weighted by molar-refractivity contribution is 0.617. The van der Waals surface area contributed by atoms with E-state index < -0.39 is 0 Å². The maximum atomic E-state index is 2.45. The molecule has 9 rings (SSSR count). The lowest BCUT2D eigenvalue weighted by atomic mass is 9.88. The second kappa shape index (κ2) is 10.1. The molecule has 0 bridgehead atoms. The second-order valence-electron chi connectivity index (χ2n) is 12.1. The van der Waals surface area contributed by atoms with Gasteiger partial charge in [-0.05, 0) is 90.4 Å². The Morgan fingerprint density at radius 2 is 0.977 bits per heavy atom. The number of hydrogen-bond donors (Lipinski definition) is 0. The fourth-order valence-corrected chi connectivity index (χ4v) is 7.41. The quantitative estimate of drug-likeness (QED) is 0.188. The van der Waals surface area contributed by atoms with Crippen LogP contribution in [-0.2, 0) is 0 Å². The molecule has 2 aromatic heterocycles. The zero-order valence-electron chi connectivity index (χ0n) is 24.5. The number of para-hydroxylation sites is 2. The SMILES string of the molecule is C1=CCC(c2ccc(-n3c4ccccc4c4cc5c6ccccc6n(-c6ccc(-c7ccccc7)cc6)c5cc43)cc2)CC1. The van der Waals surface area contributed by atoms with Gasteiger partial charge < -0.3 is 9.13 Å². The van der Waals surface area contributed by atoms with Crippen LogP contribution in [0.3, 0.4) is 0 Å². The van der Waals surface area contributed by atoms with Gasteiger partial charge in [-0.15, -0.1) is 0 Å². The van der Waals surface area contributed by atoms with Crippen molar-refractivity contribution in [3.63, 3.8) is 0 Å². The minimum Gasteiger partial charge on any atom is -0.309 e. The number of fused-ring (bicyclic) bond motifs is 6. The Bertz CT molecular complexity index is 2330. The van der Waals surface area contributed by atoms with Crippen molar-refractivity contribution in [1.29, 1.82) is 0 Å². The molecule has 210 valence electrons. The first-order chi connectivity index (χ1) is 21.8. The molecule has 0 radical (unpaired) electrons. The van der Waals surface area contributed by atoms with Crippen LogP contribution in [0.25, 0.3) is 66.1 Å². The van der Waals surface area contributed by atoms with E-state index in [4.69, 9.17) is 0 Å². The Balaban J connectivity index is 1.27. The van der Waals surface area contributed by atoms with Crippen LogP contribution < -0.4 is 0 Å². The normalized spacial score (nSPS) is 15.1. The minimum atomic E-state index is 0.621. The average molecular weight is 565 g/mol. The molecule has 1 unspecified atom stereocenters. The highest BCUT2D eigenvalue weighted by atomic mass is 15.0. The molecule has 2 heteroatoms. The maximum Gasteiger partial charge on any atom is 0.0562 e. The van der Waals surface area contributed by atoms with Crippen molar-refractivity contribution < 1.29 is 0 Å². The van der Waals surface area contributed by atoms with E-state index in [1.54, 1.807) is 0 Å². The summed E-state index contributed by atoms with van der Waals surface area (Å²) in [6, 6.07) is 51.4. The number of aromatic nitrogens is 2. The molecular weight excluding hydrogens is 532 g/mol. The Hall–Kier alpha value is -5.34. The van der Waals surface area contributed by atoms with Gasteiger partial charge in [-0.25, -0.2) is 0 Å². The van der Waals surface area contributed by atoms with E-state index >= 15 is 0 Å². The van der Waals surface area contributed by atoms with Gasteiger partial charge >= 0.3 is 0 Å². The molecule has 0 spiro atoms. The Morgan fingerprint density at radius 3 is 1.57 bits per heavy atom. The minimum absolute atomic E-state index is 0.621. The largest absolute Gasteiger partial charge is 0.309 e. The van der Waals surface area contributed by atoms with Gasteiger partial charge in [-0.2, -0.15) is 0 Å². The number of hydrogen-bond acceptors (Lipinski definition) is 0. The molecule has 0 aliphatic heterocycles. The molecule has 6 aromatic carbocycles. The highest BCUT2D eigenvalue weighted by molar-refractivity contribution is 6.19. The molecule has 0 saturated carbocycles. The lowest BCUT2D eigenvalue weighted by Gasteiger charge is -2.18. The topological polar surface area (TPSA) is 9.86 Å². The zero-order valence-corrected chi connectivity index (χ0v) is 24.5. The third kappa shape index (κ3) is 3.95. The van der Waals surface area contributed by atoms with Crippen molar-refractivity contribution in [3.05, 3.63) is 157 Å². The van der Waals surface area contributed by atoms with Crippen LogP contribution >= 0.6 is 0 Å². The van der Waals surface area contributed by atoms with E-state index in [9.17, 15) is 0 Å². The van der Waals surface area contributed by atoms with Crippen LogP contribution in [0.15, 0.2) is 152 Å². The smallest absolute Gasteiger partial charge is 0.0562 e. The number of rotatable bonds is 4. The molecule has 8 aromatic rings. The highest BCUT2D eigenvalue weighted by Gasteiger charge is 2.19. The maximum absolute atomic E-state index is 2.45. The van der Waals surface area contributed by atoms with Crippen molar-refractivity contribution in [3.8, 4) is 22.5 Å². The third-order valence-electron chi connectivity index (χ3n) is 9.59. The first-order valence-corrected chi connectivity index (χ1v) is 15.7. The average Bonchev–Trinajstić information content (AvgIpc) is 3.60. The molecular formula is C42H32N2. The molecule has 44 heavy (non-hydrogen) atoms. The molecule has 2 nitrogen and oxygen atoms in total. The molecule has 1 aliphatic rings. The highest BCUT2D eigenvalue weighted by Crippen LogP contribution is 2.40. The summed E-state index contributed by atoms with van der Waals surface area (Å²) < 4.78 is 4.88. The Morgan fingerprint density at radius 1 is 0.432 bits per heavy atom. The van der Waals surface area contributed by atoms with Gasteiger partial charge in [-0.1, -0.05) is 103 Å². The van der Waals surface area contributed by atoms with Gasteiger partial charge in [0.05, 0.1) is 22.1 Å². The Labute approximate surface area is 257 Å². The van der Waals surface area contributed by atoms with Crippen molar-refractivity contribution in [2.24, 2.45) is 0 Å². The summed E-state index contributed by atoms with van der Waals surface area (Å²) in [5, 5.41) is 5.13. The van der Waals surface area contributed by atoms with Crippen LogP contribution in [0.5, 0.6) is 0 Å². The lowest BCUT2D eigenvalue weighted by Crippen LogP contribution is -2.01. The van der Waals surface area contributed by atoms with Gasteiger partial charge in [0.15, 0.2) is 0 Å². The van der Waals surface area contributed by atoms with Crippen molar-refractivity contribution in [2.75, 3.05) is 0 Å². The van der Waals surface area contributed by atoms with E-state index in [1.165, 1.54) is 84.5 Å². The summed E-state index contributed by atoms with van der Waals surface area (Å²) in [6.07, 6.45) is 8.22. The number of benzene rings is 6. The molecule has 2 heterocycles. The third-order valence-corrected chi connectivity index (χ3v) is 9.59. The van der Waals surface area contributed by atoms with Gasteiger partial charge in [0.25, 0.3) is 0 Å². The first kappa shape index (κ1) is 25.2. The molecule has 0 amide bonds. The van der Waals surface area contributed by atoms with Gasteiger partial charge in [0.2, 0.25) is 0 Å². The van der Waals surface area contributed by atoms with E-state index in [2.05, 4.69) is 161 Å². The summed E-state index contributed by atoms with van der Waals surface area (Å²) in [5.41, 5.74) is 11.2. The molecule has 1 aliphatic carbocycles. The summed E-state index contributed by atoms with van der Waals surface area (Å²) in [7, 11) is 0. The molecule has 0 fully saturated rings. The molecule has 0 saturated heterocycles. The summed E-state index contributed by atoms with van der Waals surface area (Å²) in [5.74, 6) is 0.621. The summed E-state index contributed by atoms with van der Waals surface area (Å²) in [6.45, 7) is 0. The van der Waals surface area contributed by atoms with Gasteiger partial charge in [-0.3, -0.25) is 0 Å². The summed E-state index contributed by atoms with van der Waals surface area (Å²) >= 11 is 0. The van der Waals surface area contributed by atoms with Crippen molar-refractivity contribution in [2.45, 2.75) is 25.2 Å². The van der Waals surface area contributed by atoms with E-state index in [1.807, 2.05) is 0 Å². The van der Waals surface area contributed by atoms with E-state index in [0.717, 1.165) is 6.42 Å². The van der Waals surface area contributed by atoms with Crippen molar-refractivity contribution in [1.82, 2.24) is 9.13 Å². The first-order valence-electron chi connectivity index (χ1n) is 15.7. The molecule has 1 atom stereocenters. The number of allylic oxidation sites excluding steroid dienone is 2. The fourth-order valence-electron chi connectivity index (χ4n) is 7.41. The predicted octanol–water partition coefficient (Wildman–Crippen LogP) is 11.4. The monoisotopic (exact) mass is 564 g/mol. The summed E-state index contributed by atoms with van der Waals surface area (Å²) in [4.78, 5) is 0. The van der Waals surface area contributed by atoms with Crippen LogP contribution in [0.4, 0.5) is 0 Å². The van der Waals surface area contributed by atoms with Crippen LogP contribution in [0.2, 0.25) is 0 Å². The molecule has 0 N–H and O–H groups in total. The standard InChI is InChI=1S/C42H32N2/c1-3-11-29(12-4-1)31-19-23-33(24-20-31)43-39-17-9-7-15-35(39)37-27-38-36-16-8-10-18-40(36)44(42(38)28-41(37)43)34-25-21-32(22-26-34)30-13-5-2-6-14-30/h1-5,7-12,15-28,30H,6,13-14H2. The Kier molecular flexibility index (Phi) is 5.80. The second-order valence-corrected chi connectivity index (χ2v) is 12.1. The van der Waals surface area contributed by atoms with E-state index in [0.29, 0.717) is 5.92 Å². The van der Waals surface area contributed by atoms with Gasteiger partial charge in [0.1, 0.15) is 0 Å². The number of nitrogens with zero attached hydrogens (tertiary/aromatic N) is 2. The van der Waals surface area contributed by atoms with E-state index in [-0.39, 0.29) is 0 Å². The van der Waals surface area contributed by atoms with Crippen LogP contribution in [-0.4, -0.2) is 9.13 Å². The van der Waals surface area contributed by atoms with Crippen molar-refractivity contribution >= 4 is 43.6 Å². The van der Waals surface area contributed by atoms with Crippen LogP contribution in [0.1, 0.15) is 30.7 Å². The zero-order chi connectivity index (χ0) is 29.0.